The van der Waals surface area contributed by atoms with Gasteiger partial charge in [0.05, 0.1) is 5.69 Å². The van der Waals surface area contributed by atoms with E-state index >= 15 is 4.39 Å². The zero-order chi connectivity index (χ0) is 26.0. The number of alkyl carbamates (subject to hydrolysis) is 1. The highest BCUT2D eigenvalue weighted by molar-refractivity contribution is 5.70. The molecule has 3 atom stereocenters. The van der Waals surface area contributed by atoms with E-state index in [1.165, 1.54) is 12.1 Å². The summed E-state index contributed by atoms with van der Waals surface area (Å²) in [5, 5.41) is 13.1. The standard InChI is InChI=1S/C26H24F3N7O2/c27-15-5-14(6-16(28)7-15)18-9-22-30-3-4-36(22)24(31-18)32-21-8-19(34-35-21)17-1-2-20(23(17)29)38-25(37)33-26-10-13(11-26)12-26/h3-9,13,17,20,23H,1-2,10-12H2,(H,33,37)(H2,31,32,34,35)/t13?,17-,20-,23+,26?/m1/s1. The number of H-pyrrole nitrogens is 1. The highest BCUT2D eigenvalue weighted by Crippen LogP contribution is 2.57. The Kier molecular flexibility index (Phi) is 5.14. The minimum atomic E-state index is -1.37. The summed E-state index contributed by atoms with van der Waals surface area (Å²) in [6, 6.07) is 6.47. The average molecular weight is 524 g/mol. The molecule has 0 radical (unpaired) electrons. The SMILES string of the molecule is O=C(NC12CC(C1)C2)O[C@@H]1CC[C@H](c2cc(Nc3nc(-c4cc(F)cc(F)c4)cc4nccn34)n[nH]2)[C@@H]1F. The van der Waals surface area contributed by atoms with Crippen LogP contribution in [-0.2, 0) is 4.74 Å². The van der Waals surface area contributed by atoms with Crippen molar-refractivity contribution in [2.45, 2.75) is 55.8 Å². The highest BCUT2D eigenvalue weighted by atomic mass is 19.1. The van der Waals surface area contributed by atoms with Crippen LogP contribution in [0.15, 0.2) is 42.7 Å². The van der Waals surface area contributed by atoms with E-state index in [0.717, 1.165) is 31.2 Å². The molecule has 8 rings (SSSR count). The largest absolute Gasteiger partial charge is 0.443 e. The molecule has 1 amide bonds. The predicted octanol–water partition coefficient (Wildman–Crippen LogP) is 5.00. The van der Waals surface area contributed by atoms with E-state index in [-0.39, 0.29) is 11.1 Å². The molecule has 3 aromatic heterocycles. The van der Waals surface area contributed by atoms with E-state index in [2.05, 4.69) is 30.8 Å². The van der Waals surface area contributed by atoms with Crippen LogP contribution < -0.4 is 10.6 Å². The van der Waals surface area contributed by atoms with Crippen LogP contribution in [0.4, 0.5) is 29.7 Å². The first-order chi connectivity index (χ1) is 18.3. The molecule has 2 bridgehead atoms. The summed E-state index contributed by atoms with van der Waals surface area (Å²) in [6.45, 7) is 0. The number of benzene rings is 1. The van der Waals surface area contributed by atoms with Crippen molar-refractivity contribution >= 4 is 23.5 Å². The number of fused-ring (bicyclic) bond motifs is 1. The second-order valence-corrected chi connectivity index (χ2v) is 10.6. The first-order valence-electron chi connectivity index (χ1n) is 12.6. The Morgan fingerprint density at radius 1 is 1.11 bits per heavy atom. The lowest BCUT2D eigenvalue weighted by Crippen LogP contribution is -2.68. The van der Waals surface area contributed by atoms with Crippen LogP contribution in [0.1, 0.15) is 43.7 Å². The fraction of sp³-hybridized carbons (Fsp3) is 0.385. The van der Waals surface area contributed by atoms with Crippen LogP contribution in [0, 0.1) is 17.6 Å². The maximum Gasteiger partial charge on any atom is 0.407 e. The van der Waals surface area contributed by atoms with E-state index in [1.807, 2.05) is 0 Å². The molecule has 0 spiro atoms. The van der Waals surface area contributed by atoms with Crippen molar-refractivity contribution in [2.24, 2.45) is 5.92 Å². The van der Waals surface area contributed by atoms with Gasteiger partial charge in [0.1, 0.15) is 29.6 Å². The Balaban J connectivity index is 1.07. The summed E-state index contributed by atoms with van der Waals surface area (Å²) < 4.78 is 50.0. The van der Waals surface area contributed by atoms with E-state index < -0.39 is 35.9 Å². The molecule has 1 aromatic carbocycles. The number of hydrogen-bond acceptors (Lipinski definition) is 6. The molecule has 4 fully saturated rings. The second-order valence-electron chi connectivity index (χ2n) is 10.6. The highest BCUT2D eigenvalue weighted by Gasteiger charge is 2.58. The molecule has 12 heteroatoms. The van der Waals surface area contributed by atoms with Crippen molar-refractivity contribution in [3.05, 3.63) is 60.1 Å². The molecule has 4 aliphatic carbocycles. The van der Waals surface area contributed by atoms with Crippen molar-refractivity contribution in [2.75, 3.05) is 5.32 Å². The number of ether oxygens (including phenoxy) is 1. The topological polar surface area (TPSA) is 109 Å². The molecular weight excluding hydrogens is 499 g/mol. The summed E-state index contributed by atoms with van der Waals surface area (Å²) in [6.07, 6.45) is 4.40. The summed E-state index contributed by atoms with van der Waals surface area (Å²) >= 11 is 0. The number of nitrogens with one attached hydrogen (secondary N) is 3. The first kappa shape index (κ1) is 23.1. The lowest BCUT2D eigenvalue weighted by molar-refractivity contribution is -0.0532. The zero-order valence-electron chi connectivity index (χ0n) is 20.1. The Labute approximate surface area is 214 Å². The van der Waals surface area contributed by atoms with Crippen LogP contribution in [-0.4, -0.2) is 48.5 Å². The molecule has 0 unspecified atom stereocenters. The van der Waals surface area contributed by atoms with Crippen LogP contribution in [0.25, 0.3) is 16.9 Å². The zero-order valence-corrected chi connectivity index (χ0v) is 20.1. The molecule has 4 aromatic rings. The molecule has 3 N–H and O–H groups in total. The van der Waals surface area contributed by atoms with Crippen molar-refractivity contribution < 1.29 is 22.7 Å². The van der Waals surface area contributed by atoms with Crippen LogP contribution in [0.5, 0.6) is 0 Å². The minimum Gasteiger partial charge on any atom is -0.443 e. The van der Waals surface area contributed by atoms with Crippen molar-refractivity contribution in [3.63, 3.8) is 0 Å². The van der Waals surface area contributed by atoms with Gasteiger partial charge in [-0.1, -0.05) is 0 Å². The van der Waals surface area contributed by atoms with Gasteiger partial charge in [-0.2, -0.15) is 5.10 Å². The normalized spacial score (nSPS) is 27.6. The molecule has 0 aliphatic heterocycles. The lowest BCUT2D eigenvalue weighted by atomic mass is 9.50. The van der Waals surface area contributed by atoms with Gasteiger partial charge < -0.3 is 15.4 Å². The summed E-state index contributed by atoms with van der Waals surface area (Å²) in [5.74, 6) is -0.528. The quantitative estimate of drug-likeness (QED) is 0.328. The van der Waals surface area contributed by atoms with Crippen molar-refractivity contribution in [1.29, 1.82) is 0 Å². The fourth-order valence-corrected chi connectivity index (χ4v) is 5.95. The molecular formula is C26H24F3N7O2. The molecule has 38 heavy (non-hydrogen) atoms. The maximum atomic E-state index is 15.3. The van der Waals surface area contributed by atoms with Gasteiger partial charge in [-0.15, -0.1) is 0 Å². The van der Waals surface area contributed by atoms with Gasteiger partial charge in [0.25, 0.3) is 0 Å². The van der Waals surface area contributed by atoms with E-state index in [0.29, 0.717) is 41.6 Å². The summed E-state index contributed by atoms with van der Waals surface area (Å²) in [4.78, 5) is 21.1. The third kappa shape index (κ3) is 3.95. The van der Waals surface area contributed by atoms with Gasteiger partial charge in [-0.3, -0.25) is 9.50 Å². The molecule has 9 nitrogen and oxygen atoms in total. The third-order valence-corrected chi connectivity index (χ3v) is 7.95. The van der Waals surface area contributed by atoms with Crippen LogP contribution in [0.2, 0.25) is 0 Å². The first-order valence-corrected chi connectivity index (χ1v) is 12.6. The van der Waals surface area contributed by atoms with Crippen LogP contribution >= 0.6 is 0 Å². The van der Waals surface area contributed by atoms with Gasteiger partial charge in [-0.25, -0.2) is 27.9 Å². The van der Waals surface area contributed by atoms with E-state index in [1.54, 1.807) is 28.9 Å². The number of alkyl halides is 1. The Morgan fingerprint density at radius 2 is 1.89 bits per heavy atom. The predicted molar refractivity (Wildman–Crippen MR) is 131 cm³/mol. The second kappa shape index (κ2) is 8.47. The number of nitrogens with zero attached hydrogens (tertiary/aromatic N) is 4. The Bertz CT molecular complexity index is 1520. The number of aromatic amines is 1. The van der Waals surface area contributed by atoms with E-state index in [4.69, 9.17) is 4.74 Å². The van der Waals surface area contributed by atoms with Crippen LogP contribution in [0.3, 0.4) is 0 Å². The van der Waals surface area contributed by atoms with Gasteiger partial charge >= 0.3 is 6.09 Å². The average Bonchev–Trinajstić information content (AvgIpc) is 3.56. The Hall–Kier alpha value is -4.09. The van der Waals surface area contributed by atoms with Gasteiger partial charge in [0, 0.05) is 53.3 Å². The third-order valence-electron chi connectivity index (χ3n) is 7.95. The number of hydrogen-bond donors (Lipinski definition) is 3. The number of anilines is 2. The van der Waals surface area contributed by atoms with Crippen molar-refractivity contribution in [1.82, 2.24) is 29.9 Å². The number of carbonyl (C=O) groups is 1. The molecule has 3 heterocycles. The summed E-state index contributed by atoms with van der Waals surface area (Å²) in [7, 11) is 0. The summed E-state index contributed by atoms with van der Waals surface area (Å²) in [5.41, 5.74) is 1.53. The Morgan fingerprint density at radius 3 is 2.63 bits per heavy atom. The molecule has 196 valence electrons. The van der Waals surface area contributed by atoms with Crippen molar-refractivity contribution in [3.8, 4) is 11.3 Å². The number of rotatable bonds is 6. The number of amides is 1. The van der Waals surface area contributed by atoms with Gasteiger partial charge in [0.2, 0.25) is 5.95 Å². The van der Waals surface area contributed by atoms with Gasteiger partial charge in [0.15, 0.2) is 5.82 Å². The molecule has 4 saturated carbocycles. The molecule has 4 aliphatic rings. The number of imidazole rings is 1. The fourth-order valence-electron chi connectivity index (χ4n) is 5.95. The lowest BCUT2D eigenvalue weighted by Gasteiger charge is -2.61. The smallest absolute Gasteiger partial charge is 0.407 e. The van der Waals surface area contributed by atoms with Gasteiger partial charge in [-0.05, 0) is 50.2 Å². The monoisotopic (exact) mass is 523 g/mol. The maximum absolute atomic E-state index is 15.3. The van der Waals surface area contributed by atoms with E-state index in [9.17, 15) is 13.6 Å². The number of aromatic nitrogens is 5. The number of halogens is 3. The minimum absolute atomic E-state index is 0.121. The molecule has 0 saturated heterocycles. The number of carbonyl (C=O) groups excluding carboxylic acids is 1.